The number of nitrogens with one attached hydrogen (secondary N) is 1. The van der Waals surface area contributed by atoms with Crippen LogP contribution in [0.15, 0.2) is 47.6 Å². The number of alkyl halides is 2. The van der Waals surface area contributed by atoms with E-state index in [0.717, 1.165) is 12.1 Å². The Morgan fingerprint density at radius 3 is 2.58 bits per heavy atom. The summed E-state index contributed by atoms with van der Waals surface area (Å²) in [6.07, 6.45) is 2.35. The van der Waals surface area contributed by atoms with E-state index in [4.69, 9.17) is 0 Å². The van der Waals surface area contributed by atoms with Crippen molar-refractivity contribution < 1.29 is 26.4 Å². The van der Waals surface area contributed by atoms with Crippen LogP contribution in [0.5, 0.6) is 0 Å². The minimum absolute atomic E-state index is 0.223. The second kappa shape index (κ2) is 7.77. The highest BCUT2D eigenvalue weighted by atomic mass is 32.2. The van der Waals surface area contributed by atoms with Crippen molar-refractivity contribution in [1.82, 2.24) is 15.1 Å². The number of hydrogen-bond donors (Lipinski definition) is 1. The summed E-state index contributed by atoms with van der Waals surface area (Å²) in [4.78, 5) is 13.9. The van der Waals surface area contributed by atoms with Gasteiger partial charge in [-0.25, -0.2) is 26.4 Å². The highest BCUT2D eigenvalue weighted by Gasteiger charge is 2.68. The van der Waals surface area contributed by atoms with Gasteiger partial charge in [0.2, 0.25) is 0 Å². The Balaban J connectivity index is 1.71. The monoisotopic (exact) mass is 454 g/mol. The fourth-order valence-electron chi connectivity index (χ4n) is 4.58. The number of rotatable bonds is 4. The molecular weight excluding hydrogens is 433 g/mol. The number of amides is 2. The maximum absolute atomic E-state index is 14.1. The van der Waals surface area contributed by atoms with Crippen molar-refractivity contribution in [2.24, 2.45) is 0 Å². The molecule has 1 unspecified atom stereocenters. The first kappa shape index (κ1) is 21.5. The zero-order valence-electron chi connectivity index (χ0n) is 16.5. The summed E-state index contributed by atoms with van der Waals surface area (Å²) in [7, 11) is -4.36. The molecule has 2 amide bonds. The Hall–Kier alpha value is -2.69. The molecule has 2 fully saturated rings. The first-order valence-electron chi connectivity index (χ1n) is 9.87. The standard InChI is InChI=1S/C20H21F3N4O3S/c21-14-4-3-5-16(10-14)31(29,30)19(12-20(22,23)13-19)17-6-1-2-9-27(17)18(28)26-15-7-8-24-25-11-15/h3-5,7-8,10-11,17H,1-2,6,9,12-13H2,(H,24,26,28). The molecule has 1 aliphatic carbocycles. The minimum Gasteiger partial charge on any atom is -0.320 e. The largest absolute Gasteiger partial charge is 0.322 e. The van der Waals surface area contributed by atoms with Gasteiger partial charge < -0.3 is 10.2 Å². The number of urea groups is 1. The molecule has 31 heavy (non-hydrogen) atoms. The van der Waals surface area contributed by atoms with Crippen molar-refractivity contribution in [3.63, 3.8) is 0 Å². The number of carbonyl (C=O) groups excluding carboxylic acids is 1. The molecule has 11 heteroatoms. The Bertz CT molecular complexity index is 1070. The molecule has 166 valence electrons. The summed E-state index contributed by atoms with van der Waals surface area (Å²) >= 11 is 0. The van der Waals surface area contributed by atoms with Crippen LogP contribution in [0, 0.1) is 5.82 Å². The van der Waals surface area contributed by atoms with Gasteiger partial charge in [0.05, 0.1) is 29.0 Å². The minimum atomic E-state index is -4.36. The van der Waals surface area contributed by atoms with Gasteiger partial charge in [-0.05, 0) is 43.5 Å². The van der Waals surface area contributed by atoms with Crippen LogP contribution in [0.1, 0.15) is 32.1 Å². The first-order valence-corrected chi connectivity index (χ1v) is 11.4. The number of benzene rings is 1. The Morgan fingerprint density at radius 2 is 1.94 bits per heavy atom. The molecule has 1 aromatic carbocycles. The third kappa shape index (κ3) is 3.86. The number of hydrogen-bond acceptors (Lipinski definition) is 5. The van der Waals surface area contributed by atoms with Gasteiger partial charge in [0.1, 0.15) is 10.6 Å². The van der Waals surface area contributed by atoms with Crippen molar-refractivity contribution in [2.75, 3.05) is 11.9 Å². The van der Waals surface area contributed by atoms with Gasteiger partial charge in [-0.3, -0.25) is 0 Å². The third-order valence-corrected chi connectivity index (χ3v) is 8.47. The van der Waals surface area contributed by atoms with Crippen molar-refractivity contribution in [3.05, 3.63) is 48.5 Å². The van der Waals surface area contributed by atoms with E-state index in [1.165, 1.54) is 35.5 Å². The second-order valence-corrected chi connectivity index (χ2v) is 10.3. The van der Waals surface area contributed by atoms with Crippen LogP contribution >= 0.6 is 0 Å². The van der Waals surface area contributed by atoms with Crippen molar-refractivity contribution in [1.29, 1.82) is 0 Å². The summed E-state index contributed by atoms with van der Waals surface area (Å²) in [5.41, 5.74) is 0.352. The second-order valence-electron chi connectivity index (χ2n) is 8.00. The lowest BCUT2D eigenvalue weighted by Crippen LogP contribution is -2.69. The summed E-state index contributed by atoms with van der Waals surface area (Å²) in [5.74, 6) is -3.94. The number of carbonyl (C=O) groups is 1. The summed E-state index contributed by atoms with van der Waals surface area (Å²) < 4.78 is 67.1. The average molecular weight is 454 g/mol. The lowest BCUT2D eigenvalue weighted by atomic mass is 9.72. The molecule has 7 nitrogen and oxygen atoms in total. The smallest absolute Gasteiger partial charge is 0.320 e. The van der Waals surface area contributed by atoms with Gasteiger partial charge in [0, 0.05) is 19.4 Å². The lowest BCUT2D eigenvalue weighted by Gasteiger charge is -2.54. The van der Waals surface area contributed by atoms with Crippen LogP contribution in [0.2, 0.25) is 0 Å². The molecule has 0 spiro atoms. The van der Waals surface area contributed by atoms with Gasteiger partial charge in [0.25, 0.3) is 5.92 Å². The van der Waals surface area contributed by atoms with Crippen LogP contribution in [0.3, 0.4) is 0 Å². The molecule has 1 saturated carbocycles. The van der Waals surface area contributed by atoms with Gasteiger partial charge in [-0.1, -0.05) is 6.07 Å². The van der Waals surface area contributed by atoms with Gasteiger partial charge in [-0.2, -0.15) is 10.2 Å². The normalized spacial score (nSPS) is 22.4. The molecule has 2 heterocycles. The highest BCUT2D eigenvalue weighted by Crippen LogP contribution is 2.56. The quantitative estimate of drug-likeness (QED) is 0.762. The number of anilines is 1. The molecular formula is C20H21F3N4O3S. The zero-order valence-corrected chi connectivity index (χ0v) is 17.3. The molecule has 2 aromatic rings. The first-order chi connectivity index (χ1) is 14.6. The average Bonchev–Trinajstić information content (AvgIpc) is 2.72. The number of likely N-dealkylation sites (tertiary alicyclic amines) is 1. The molecule has 1 atom stereocenters. The van der Waals surface area contributed by atoms with Crippen LogP contribution in [0.25, 0.3) is 0 Å². The van der Waals surface area contributed by atoms with Gasteiger partial charge in [-0.15, -0.1) is 0 Å². The molecule has 0 radical (unpaired) electrons. The Labute approximate surface area is 177 Å². The number of sulfone groups is 1. The molecule has 1 aromatic heterocycles. The van der Waals surface area contributed by atoms with E-state index in [9.17, 15) is 26.4 Å². The van der Waals surface area contributed by atoms with Crippen molar-refractivity contribution >= 4 is 21.6 Å². The lowest BCUT2D eigenvalue weighted by molar-refractivity contribution is -0.117. The van der Waals surface area contributed by atoms with E-state index >= 15 is 0 Å². The number of aromatic nitrogens is 2. The van der Waals surface area contributed by atoms with E-state index < -0.39 is 51.2 Å². The molecule has 1 N–H and O–H groups in total. The fraction of sp³-hybridized carbons (Fsp3) is 0.450. The predicted octanol–water partition coefficient (Wildman–Crippen LogP) is 3.64. The Kier molecular flexibility index (Phi) is 5.40. The topological polar surface area (TPSA) is 92.3 Å². The summed E-state index contributed by atoms with van der Waals surface area (Å²) in [5, 5.41) is 9.92. The SMILES string of the molecule is O=C(Nc1ccnnc1)N1CCCCC1C1(S(=O)(=O)c2cccc(F)c2)CC(F)(F)C1. The van der Waals surface area contributed by atoms with Crippen molar-refractivity contribution in [3.8, 4) is 0 Å². The molecule has 4 rings (SSSR count). The number of piperidine rings is 1. The van der Waals surface area contributed by atoms with E-state index in [2.05, 4.69) is 15.5 Å². The predicted molar refractivity (Wildman–Crippen MR) is 106 cm³/mol. The van der Waals surface area contributed by atoms with E-state index in [0.29, 0.717) is 18.5 Å². The molecule has 0 bridgehead atoms. The van der Waals surface area contributed by atoms with Gasteiger partial charge >= 0.3 is 6.03 Å². The maximum atomic E-state index is 14.1. The third-order valence-electron chi connectivity index (χ3n) is 5.96. The number of halogens is 3. The van der Waals surface area contributed by atoms with Crippen LogP contribution in [0.4, 0.5) is 23.7 Å². The summed E-state index contributed by atoms with van der Waals surface area (Å²) in [6, 6.07) is 4.31. The van der Waals surface area contributed by atoms with E-state index in [-0.39, 0.29) is 17.9 Å². The van der Waals surface area contributed by atoms with Crippen LogP contribution in [-0.4, -0.2) is 52.8 Å². The fourth-order valence-corrected chi connectivity index (χ4v) is 6.98. The molecule has 1 aliphatic heterocycles. The molecule has 1 saturated heterocycles. The number of nitrogens with zero attached hydrogens (tertiary/aromatic N) is 3. The van der Waals surface area contributed by atoms with E-state index in [1.54, 1.807) is 0 Å². The Morgan fingerprint density at radius 1 is 1.16 bits per heavy atom. The van der Waals surface area contributed by atoms with Crippen LogP contribution < -0.4 is 5.32 Å². The highest BCUT2D eigenvalue weighted by molar-refractivity contribution is 7.93. The molecule has 2 aliphatic rings. The van der Waals surface area contributed by atoms with Gasteiger partial charge in [0.15, 0.2) is 9.84 Å². The van der Waals surface area contributed by atoms with Crippen molar-refractivity contribution in [2.45, 2.75) is 53.7 Å². The van der Waals surface area contributed by atoms with E-state index in [1.807, 2.05) is 0 Å². The van der Waals surface area contributed by atoms with Crippen LogP contribution in [-0.2, 0) is 9.84 Å². The summed E-state index contributed by atoms with van der Waals surface area (Å²) in [6.45, 7) is 0.223. The maximum Gasteiger partial charge on any atom is 0.322 e. The zero-order chi connectivity index (χ0) is 22.3.